The van der Waals surface area contributed by atoms with E-state index in [0.29, 0.717) is 13.2 Å². The van der Waals surface area contributed by atoms with Crippen LogP contribution in [0.25, 0.3) is 0 Å². The van der Waals surface area contributed by atoms with E-state index < -0.39 is 6.04 Å². The van der Waals surface area contributed by atoms with Gasteiger partial charge in [0.2, 0.25) is 5.91 Å². The van der Waals surface area contributed by atoms with Gasteiger partial charge in [0, 0.05) is 0 Å². The summed E-state index contributed by atoms with van der Waals surface area (Å²) < 4.78 is 5.45. The lowest BCUT2D eigenvalue weighted by atomic mass is 10.1. The number of likely N-dealkylation sites (N-methyl/N-ethyl adjacent to an activating group) is 1. The van der Waals surface area contributed by atoms with E-state index in [0.717, 1.165) is 19.3 Å². The highest BCUT2D eigenvalue weighted by atomic mass is 16.5. The van der Waals surface area contributed by atoms with Gasteiger partial charge in [0.15, 0.2) is 5.78 Å². The number of ether oxygens (including phenoxy) is 1. The van der Waals surface area contributed by atoms with Crippen LogP contribution in [0.1, 0.15) is 26.2 Å². The number of nitrogens with zero attached hydrogens (tertiary/aromatic N) is 1. The maximum absolute atomic E-state index is 12.4. The van der Waals surface area contributed by atoms with Gasteiger partial charge in [0.05, 0.1) is 25.3 Å². The number of hydrogen-bond donors (Lipinski definition) is 1. The number of carbonyl (C=O) groups excluding carboxylic acids is 2. The van der Waals surface area contributed by atoms with Gasteiger partial charge in [-0.2, -0.15) is 0 Å². The molecule has 0 bridgehead atoms. The van der Waals surface area contributed by atoms with Crippen molar-refractivity contribution in [1.29, 1.82) is 0 Å². The molecule has 5 heteroatoms. The van der Waals surface area contributed by atoms with Gasteiger partial charge in [-0.15, -0.1) is 0 Å². The fourth-order valence-electron chi connectivity index (χ4n) is 2.73. The summed E-state index contributed by atoms with van der Waals surface area (Å²) in [6, 6.07) is -0.473. The predicted octanol–water partition coefficient (Wildman–Crippen LogP) is -0.0567. The van der Waals surface area contributed by atoms with Gasteiger partial charge in [0.25, 0.3) is 0 Å². The molecule has 2 rings (SSSR count). The van der Waals surface area contributed by atoms with Crippen LogP contribution in [0.5, 0.6) is 0 Å². The van der Waals surface area contributed by atoms with Crippen molar-refractivity contribution in [1.82, 2.24) is 10.2 Å². The summed E-state index contributed by atoms with van der Waals surface area (Å²) in [5.41, 5.74) is 0. The summed E-state index contributed by atoms with van der Waals surface area (Å²) in [6.07, 6.45) is 2.76. The Balaban J connectivity index is 2.24. The lowest BCUT2D eigenvalue weighted by Gasteiger charge is -2.40. The lowest BCUT2D eigenvalue weighted by Crippen LogP contribution is -2.60. The predicted molar refractivity (Wildman–Crippen MR) is 62.6 cm³/mol. The summed E-state index contributed by atoms with van der Waals surface area (Å²) in [5, 5.41) is 3.04. The highest BCUT2D eigenvalue weighted by molar-refractivity contribution is 5.90. The second-order valence-corrected chi connectivity index (χ2v) is 4.84. The van der Waals surface area contributed by atoms with Crippen molar-refractivity contribution >= 4 is 11.7 Å². The number of ketones is 1. The molecule has 0 saturated carbocycles. The fraction of sp³-hybridized carbons (Fsp3) is 0.833. The number of amides is 1. The quantitative estimate of drug-likeness (QED) is 0.735. The number of carbonyl (C=O) groups is 2. The van der Waals surface area contributed by atoms with Crippen LogP contribution in [0.3, 0.4) is 0 Å². The molecule has 96 valence electrons. The Bertz CT molecular complexity index is 319. The van der Waals surface area contributed by atoms with E-state index in [2.05, 4.69) is 5.32 Å². The topological polar surface area (TPSA) is 58.6 Å². The zero-order chi connectivity index (χ0) is 12.4. The summed E-state index contributed by atoms with van der Waals surface area (Å²) in [4.78, 5) is 25.8. The minimum atomic E-state index is -0.393. The lowest BCUT2D eigenvalue weighted by molar-refractivity contribution is -0.153. The first-order valence-electron chi connectivity index (χ1n) is 6.22. The molecule has 0 radical (unpaired) electrons. The van der Waals surface area contributed by atoms with Crippen LogP contribution in [-0.2, 0) is 14.3 Å². The molecule has 17 heavy (non-hydrogen) atoms. The Morgan fingerprint density at radius 3 is 2.82 bits per heavy atom. The molecule has 3 unspecified atom stereocenters. The number of rotatable bonds is 2. The van der Waals surface area contributed by atoms with E-state index in [1.165, 1.54) is 6.92 Å². The molecule has 0 aromatic carbocycles. The van der Waals surface area contributed by atoms with Gasteiger partial charge < -0.3 is 15.0 Å². The molecule has 0 aromatic rings. The third-order valence-corrected chi connectivity index (χ3v) is 3.72. The average Bonchev–Trinajstić information content (AvgIpc) is 2.48. The van der Waals surface area contributed by atoms with Gasteiger partial charge in [-0.05, 0) is 33.2 Å². The summed E-state index contributed by atoms with van der Waals surface area (Å²) >= 11 is 0. The fourth-order valence-corrected chi connectivity index (χ4v) is 2.73. The molecule has 2 saturated heterocycles. The normalized spacial score (nSPS) is 34.1. The van der Waals surface area contributed by atoms with E-state index in [1.54, 1.807) is 11.9 Å². The molecule has 5 nitrogen and oxygen atoms in total. The molecular formula is C12H20N2O3. The Morgan fingerprint density at radius 1 is 1.41 bits per heavy atom. The highest BCUT2D eigenvalue weighted by Crippen LogP contribution is 2.24. The first-order chi connectivity index (χ1) is 8.15. The van der Waals surface area contributed by atoms with Crippen molar-refractivity contribution in [3.8, 4) is 0 Å². The smallest absolute Gasteiger partial charge is 0.240 e. The summed E-state index contributed by atoms with van der Waals surface area (Å²) in [6.45, 7) is 2.43. The van der Waals surface area contributed by atoms with Crippen LogP contribution >= 0.6 is 0 Å². The second kappa shape index (κ2) is 5.14. The Kier molecular flexibility index (Phi) is 3.79. The third-order valence-electron chi connectivity index (χ3n) is 3.72. The van der Waals surface area contributed by atoms with Gasteiger partial charge in [-0.1, -0.05) is 0 Å². The molecule has 3 atom stereocenters. The molecule has 0 aliphatic carbocycles. The molecule has 1 amide bonds. The standard InChI is InChI=1S/C12H20N2O3/c1-8(15)11-7-17-6-9-4-3-5-10(13-2)12(16)14(9)11/h9-11,13H,3-7H2,1-2H3. The zero-order valence-corrected chi connectivity index (χ0v) is 10.4. The van der Waals surface area contributed by atoms with Crippen LogP contribution < -0.4 is 5.32 Å². The third kappa shape index (κ3) is 2.35. The zero-order valence-electron chi connectivity index (χ0n) is 10.4. The SMILES string of the molecule is CNC1CCCC2COCC(C(C)=O)N2C1=O. The van der Waals surface area contributed by atoms with Crippen molar-refractivity contribution in [2.24, 2.45) is 0 Å². The van der Waals surface area contributed by atoms with Crippen LogP contribution in [0.2, 0.25) is 0 Å². The van der Waals surface area contributed by atoms with Gasteiger partial charge in [-0.25, -0.2) is 0 Å². The molecule has 0 spiro atoms. The molecular weight excluding hydrogens is 220 g/mol. The molecule has 1 N–H and O–H groups in total. The number of hydrogen-bond acceptors (Lipinski definition) is 4. The number of nitrogens with one attached hydrogen (secondary N) is 1. The minimum absolute atomic E-state index is 0.0137. The molecule has 2 aliphatic rings. The van der Waals surface area contributed by atoms with Crippen molar-refractivity contribution in [2.75, 3.05) is 20.3 Å². The van der Waals surface area contributed by atoms with E-state index in [4.69, 9.17) is 4.74 Å². The molecule has 2 aliphatic heterocycles. The Morgan fingerprint density at radius 2 is 2.18 bits per heavy atom. The van der Waals surface area contributed by atoms with Crippen molar-refractivity contribution in [3.05, 3.63) is 0 Å². The van der Waals surface area contributed by atoms with E-state index in [1.807, 2.05) is 0 Å². The van der Waals surface area contributed by atoms with E-state index in [-0.39, 0.29) is 23.8 Å². The van der Waals surface area contributed by atoms with Crippen LogP contribution in [0, 0.1) is 0 Å². The van der Waals surface area contributed by atoms with Crippen molar-refractivity contribution < 1.29 is 14.3 Å². The number of fused-ring (bicyclic) bond motifs is 1. The maximum atomic E-state index is 12.4. The van der Waals surface area contributed by atoms with Crippen molar-refractivity contribution in [2.45, 2.75) is 44.3 Å². The highest BCUT2D eigenvalue weighted by Gasteiger charge is 2.41. The van der Waals surface area contributed by atoms with Gasteiger partial charge in [0.1, 0.15) is 6.04 Å². The molecule has 2 heterocycles. The summed E-state index contributed by atoms with van der Waals surface area (Å²) in [5.74, 6) is 0.0679. The van der Waals surface area contributed by atoms with Crippen molar-refractivity contribution in [3.63, 3.8) is 0 Å². The maximum Gasteiger partial charge on any atom is 0.240 e. The summed E-state index contributed by atoms with van der Waals surface area (Å²) in [7, 11) is 1.80. The molecule has 0 aromatic heterocycles. The first-order valence-corrected chi connectivity index (χ1v) is 6.22. The first kappa shape index (κ1) is 12.5. The average molecular weight is 240 g/mol. The van der Waals surface area contributed by atoms with Gasteiger partial charge in [-0.3, -0.25) is 9.59 Å². The van der Waals surface area contributed by atoms with Crippen LogP contribution in [0.4, 0.5) is 0 Å². The monoisotopic (exact) mass is 240 g/mol. The number of Topliss-reactive ketones (excluding diaryl/α,β-unsaturated/α-hetero) is 1. The van der Waals surface area contributed by atoms with Crippen LogP contribution in [0.15, 0.2) is 0 Å². The van der Waals surface area contributed by atoms with Gasteiger partial charge >= 0.3 is 0 Å². The van der Waals surface area contributed by atoms with E-state index in [9.17, 15) is 9.59 Å². The number of morpholine rings is 1. The largest absolute Gasteiger partial charge is 0.377 e. The van der Waals surface area contributed by atoms with Crippen LogP contribution in [-0.4, -0.2) is 55.0 Å². The second-order valence-electron chi connectivity index (χ2n) is 4.84. The molecule has 2 fully saturated rings. The van der Waals surface area contributed by atoms with E-state index >= 15 is 0 Å². The Hall–Kier alpha value is -0.940. The Labute approximate surface area is 101 Å². The minimum Gasteiger partial charge on any atom is -0.377 e.